The van der Waals surface area contributed by atoms with Crippen molar-refractivity contribution in [1.29, 1.82) is 0 Å². The van der Waals surface area contributed by atoms with Crippen LogP contribution in [0.2, 0.25) is 9.36 Å². The molecule has 1 aromatic carbocycles. The first-order valence-electron chi connectivity index (χ1n) is 4.62. The first-order chi connectivity index (χ1) is 8.59. The quantitative estimate of drug-likeness (QED) is 0.639. The second kappa shape index (κ2) is 5.47. The van der Waals surface area contributed by atoms with Gasteiger partial charge < -0.3 is 4.74 Å². The molecule has 1 aromatic heterocycles. The summed E-state index contributed by atoms with van der Waals surface area (Å²) >= 11 is 12.7. The molecule has 0 atom stereocenters. The Morgan fingerprint density at radius 1 is 1.44 bits per heavy atom. The van der Waals surface area contributed by atoms with Gasteiger partial charge in [0.05, 0.1) is 9.95 Å². The molecule has 0 saturated heterocycles. The predicted octanol–water partition coefficient (Wildman–Crippen LogP) is 3.33. The van der Waals surface area contributed by atoms with E-state index in [1.54, 1.807) is 0 Å². The van der Waals surface area contributed by atoms with E-state index in [1.165, 1.54) is 18.2 Å². The number of benzene rings is 1. The third-order valence-electron chi connectivity index (χ3n) is 2.01. The molecule has 0 unspecified atom stereocenters. The summed E-state index contributed by atoms with van der Waals surface area (Å²) in [6.07, 6.45) is 0. The van der Waals surface area contributed by atoms with Gasteiger partial charge in [-0.3, -0.25) is 10.1 Å². The van der Waals surface area contributed by atoms with Crippen molar-refractivity contribution in [2.75, 3.05) is 0 Å². The monoisotopic (exact) mass is 305 g/mol. The summed E-state index contributed by atoms with van der Waals surface area (Å²) < 4.78 is 9.31. The zero-order valence-corrected chi connectivity index (χ0v) is 11.0. The Balaban J connectivity index is 2.24. The maximum atomic E-state index is 10.8. The second-order valence-electron chi connectivity index (χ2n) is 3.13. The molecule has 0 aliphatic carbocycles. The number of nitro benzene ring substituents is 1. The summed E-state index contributed by atoms with van der Waals surface area (Å²) in [6, 6.07) is 4.29. The van der Waals surface area contributed by atoms with E-state index in [9.17, 15) is 10.1 Å². The van der Waals surface area contributed by atoms with Gasteiger partial charge in [-0.2, -0.15) is 0 Å². The van der Waals surface area contributed by atoms with Crippen molar-refractivity contribution in [3.63, 3.8) is 0 Å². The average molecular weight is 306 g/mol. The minimum absolute atomic E-state index is 0.00627. The Hall–Kier alpha value is -1.44. The predicted molar refractivity (Wildman–Crippen MR) is 67.4 cm³/mol. The molecule has 94 valence electrons. The van der Waals surface area contributed by atoms with Crippen molar-refractivity contribution in [2.45, 2.75) is 6.61 Å². The fraction of sp³-hybridized carbons (Fsp3) is 0.111. The van der Waals surface area contributed by atoms with Crippen molar-refractivity contribution in [1.82, 2.24) is 9.59 Å². The Bertz CT molecular complexity index is 590. The van der Waals surface area contributed by atoms with Crippen molar-refractivity contribution < 1.29 is 9.66 Å². The highest BCUT2D eigenvalue weighted by atomic mass is 35.5. The number of nitrogens with zero attached hydrogens (tertiary/aromatic N) is 3. The van der Waals surface area contributed by atoms with Crippen LogP contribution in [0, 0.1) is 10.1 Å². The molecular weight excluding hydrogens is 301 g/mol. The number of nitro groups is 1. The van der Waals surface area contributed by atoms with Crippen LogP contribution in [-0.2, 0) is 6.61 Å². The summed E-state index contributed by atoms with van der Waals surface area (Å²) in [5.74, 6) is -0.00627. The van der Waals surface area contributed by atoms with Gasteiger partial charge in [-0.05, 0) is 6.07 Å². The van der Waals surface area contributed by atoms with Gasteiger partial charge in [0.25, 0.3) is 0 Å². The van der Waals surface area contributed by atoms with Gasteiger partial charge in [-0.1, -0.05) is 33.8 Å². The second-order valence-corrected chi connectivity index (χ2v) is 4.89. The van der Waals surface area contributed by atoms with E-state index >= 15 is 0 Å². The average Bonchev–Trinajstić information content (AvgIpc) is 2.73. The van der Waals surface area contributed by atoms with Crippen LogP contribution in [0.3, 0.4) is 0 Å². The largest absolute Gasteiger partial charge is 0.479 e. The van der Waals surface area contributed by atoms with E-state index in [0.717, 1.165) is 11.5 Å². The van der Waals surface area contributed by atoms with Gasteiger partial charge in [0, 0.05) is 17.6 Å². The fourth-order valence-corrected chi connectivity index (χ4v) is 2.03. The lowest BCUT2D eigenvalue weighted by Gasteiger charge is -2.06. The number of para-hydroxylation sites is 1. The first kappa shape index (κ1) is 13.0. The smallest absolute Gasteiger partial charge is 0.312 e. The van der Waals surface area contributed by atoms with Gasteiger partial charge in [-0.15, -0.1) is 5.10 Å². The molecule has 0 spiro atoms. The number of halogens is 2. The topological polar surface area (TPSA) is 78.2 Å². The highest BCUT2D eigenvalue weighted by Crippen LogP contribution is 2.35. The molecule has 0 fully saturated rings. The molecule has 0 bridgehead atoms. The van der Waals surface area contributed by atoms with Gasteiger partial charge in [-0.25, -0.2) is 0 Å². The number of rotatable bonds is 4. The third kappa shape index (κ3) is 2.69. The van der Waals surface area contributed by atoms with E-state index in [-0.39, 0.29) is 23.1 Å². The number of aromatic nitrogens is 2. The Morgan fingerprint density at radius 3 is 2.83 bits per heavy atom. The molecule has 1 heterocycles. The highest BCUT2D eigenvalue weighted by molar-refractivity contribution is 7.10. The number of hydrogen-bond donors (Lipinski definition) is 0. The van der Waals surface area contributed by atoms with Crippen molar-refractivity contribution in [2.24, 2.45) is 0 Å². The van der Waals surface area contributed by atoms with Crippen molar-refractivity contribution >= 4 is 40.4 Å². The minimum atomic E-state index is -0.567. The van der Waals surface area contributed by atoms with E-state index in [0.29, 0.717) is 10.0 Å². The maximum Gasteiger partial charge on any atom is 0.312 e. The molecule has 0 aliphatic rings. The van der Waals surface area contributed by atoms with Crippen LogP contribution in [0.1, 0.15) is 5.69 Å². The SMILES string of the molecule is O=[N+]([O-])c1cccc(Cl)c1OCc1nnsc1Cl. The molecule has 9 heteroatoms. The highest BCUT2D eigenvalue weighted by Gasteiger charge is 2.19. The van der Waals surface area contributed by atoms with Crippen LogP contribution < -0.4 is 4.74 Å². The summed E-state index contributed by atoms with van der Waals surface area (Å²) in [5.41, 5.74) is 0.206. The zero-order chi connectivity index (χ0) is 13.1. The van der Waals surface area contributed by atoms with Gasteiger partial charge in [0.1, 0.15) is 16.6 Å². The standard InChI is InChI=1S/C9H5Cl2N3O3S/c10-5-2-1-3-7(14(15)16)8(5)17-4-6-9(11)18-13-12-6/h1-3H,4H2. The molecule has 0 saturated carbocycles. The van der Waals surface area contributed by atoms with Crippen molar-refractivity contribution in [3.8, 4) is 5.75 Å². The van der Waals surface area contributed by atoms with E-state index in [2.05, 4.69) is 9.59 Å². The third-order valence-corrected chi connectivity index (χ3v) is 3.29. The van der Waals surface area contributed by atoms with Crippen LogP contribution in [0.15, 0.2) is 18.2 Å². The Kier molecular flexibility index (Phi) is 3.95. The molecule has 0 aliphatic heterocycles. The summed E-state index contributed by atoms with van der Waals surface area (Å²) in [7, 11) is 0. The summed E-state index contributed by atoms with van der Waals surface area (Å²) in [6.45, 7) is -0.0279. The van der Waals surface area contributed by atoms with Crippen LogP contribution in [0.25, 0.3) is 0 Å². The van der Waals surface area contributed by atoms with Crippen molar-refractivity contribution in [3.05, 3.63) is 43.4 Å². The van der Waals surface area contributed by atoms with Crippen LogP contribution in [-0.4, -0.2) is 14.5 Å². The number of hydrogen-bond acceptors (Lipinski definition) is 6. The van der Waals surface area contributed by atoms with Crippen LogP contribution in [0.5, 0.6) is 5.75 Å². The van der Waals surface area contributed by atoms with Gasteiger partial charge in [0.15, 0.2) is 0 Å². The zero-order valence-electron chi connectivity index (χ0n) is 8.67. The Morgan fingerprint density at radius 2 is 2.22 bits per heavy atom. The fourth-order valence-electron chi connectivity index (χ4n) is 1.21. The first-order valence-corrected chi connectivity index (χ1v) is 6.15. The normalized spacial score (nSPS) is 10.3. The molecule has 0 amide bonds. The molecule has 0 radical (unpaired) electrons. The van der Waals surface area contributed by atoms with Crippen LogP contribution >= 0.6 is 34.7 Å². The van der Waals surface area contributed by atoms with E-state index in [1.807, 2.05) is 0 Å². The molecule has 2 aromatic rings. The lowest BCUT2D eigenvalue weighted by atomic mass is 10.3. The maximum absolute atomic E-state index is 10.8. The molecule has 2 rings (SSSR count). The molecular formula is C9H5Cl2N3O3S. The minimum Gasteiger partial charge on any atom is -0.479 e. The lowest BCUT2D eigenvalue weighted by Crippen LogP contribution is -2.00. The molecule has 6 nitrogen and oxygen atoms in total. The van der Waals surface area contributed by atoms with E-state index < -0.39 is 4.92 Å². The molecule has 18 heavy (non-hydrogen) atoms. The Labute approximate surface area is 115 Å². The number of ether oxygens (including phenoxy) is 1. The molecule has 0 N–H and O–H groups in total. The summed E-state index contributed by atoms with van der Waals surface area (Å²) in [4.78, 5) is 10.2. The van der Waals surface area contributed by atoms with Gasteiger partial charge >= 0.3 is 5.69 Å². The van der Waals surface area contributed by atoms with Crippen LogP contribution in [0.4, 0.5) is 5.69 Å². The van der Waals surface area contributed by atoms with Gasteiger partial charge in [0.2, 0.25) is 5.75 Å². The summed E-state index contributed by atoms with van der Waals surface area (Å²) in [5, 5.41) is 14.7. The van der Waals surface area contributed by atoms with E-state index in [4.69, 9.17) is 27.9 Å². The lowest BCUT2D eigenvalue weighted by molar-refractivity contribution is -0.385.